The van der Waals surface area contributed by atoms with Crippen LogP contribution in [0.2, 0.25) is 0 Å². The normalized spacial score (nSPS) is 20.7. The van der Waals surface area contributed by atoms with Gasteiger partial charge in [-0.05, 0) is 54.8 Å². The molecule has 1 saturated heterocycles. The van der Waals surface area contributed by atoms with E-state index >= 15 is 0 Å². The Kier molecular flexibility index (Phi) is 7.76. The van der Waals surface area contributed by atoms with Crippen LogP contribution in [0, 0.1) is 0 Å². The van der Waals surface area contributed by atoms with E-state index in [-0.39, 0.29) is 30.6 Å². The minimum atomic E-state index is -0.743. The van der Waals surface area contributed by atoms with Crippen LogP contribution in [-0.2, 0) is 20.7 Å². The summed E-state index contributed by atoms with van der Waals surface area (Å²) in [7, 11) is 1.55. The van der Waals surface area contributed by atoms with Crippen LogP contribution in [0.1, 0.15) is 55.8 Å². The second-order valence-electron chi connectivity index (χ2n) is 9.07. The number of Topliss-reactive ketones (excluding diaryl/α,β-unsaturated/α-hetero) is 1. The molecule has 0 spiro atoms. The zero-order valence-electron chi connectivity index (χ0n) is 20.6. The third-order valence-electron chi connectivity index (χ3n) is 6.44. The predicted octanol–water partition coefficient (Wildman–Crippen LogP) is 4.65. The van der Waals surface area contributed by atoms with Crippen molar-refractivity contribution in [1.29, 1.82) is 0 Å². The number of nitrogens with zero attached hydrogens (tertiary/aromatic N) is 1. The molecule has 0 radical (unpaired) electrons. The average Bonchev–Trinajstić information content (AvgIpc) is 3.35. The van der Waals surface area contributed by atoms with Gasteiger partial charge in [0.05, 0.1) is 24.8 Å². The van der Waals surface area contributed by atoms with Crippen molar-refractivity contribution in [1.82, 2.24) is 4.90 Å². The second kappa shape index (κ2) is 11.0. The highest BCUT2D eigenvalue weighted by Gasteiger charge is 2.46. The Morgan fingerprint density at radius 2 is 1.97 bits per heavy atom. The molecule has 2 aromatic carbocycles. The first-order valence-corrected chi connectivity index (χ1v) is 12.2. The smallest absolute Gasteiger partial charge is 0.295 e. The van der Waals surface area contributed by atoms with E-state index in [1.807, 2.05) is 37.3 Å². The first kappa shape index (κ1) is 24.8. The lowest BCUT2D eigenvalue weighted by Crippen LogP contribution is -2.32. The van der Waals surface area contributed by atoms with E-state index in [1.165, 1.54) is 4.90 Å². The molecule has 1 amide bonds. The van der Waals surface area contributed by atoms with E-state index in [2.05, 4.69) is 6.92 Å². The van der Waals surface area contributed by atoms with Crippen LogP contribution >= 0.6 is 0 Å². The average molecular weight is 480 g/mol. The van der Waals surface area contributed by atoms with Crippen LogP contribution < -0.4 is 9.47 Å². The standard InChI is InChI=1S/C28H33NO6/c1-4-5-6-13-34-22-9-7-8-19(17-22)25-24(27(31)28(32)29(25)12-14-33-3)26(30)20-10-11-23-21(16-20)15-18(2)35-23/h7-11,16-18,25,30H,4-6,12-15H2,1-3H3/t18-,25-/m0/s1. The summed E-state index contributed by atoms with van der Waals surface area (Å²) in [6, 6.07) is 12.0. The summed E-state index contributed by atoms with van der Waals surface area (Å²) in [4.78, 5) is 27.7. The number of fused-ring (bicyclic) bond motifs is 1. The number of benzene rings is 2. The van der Waals surface area contributed by atoms with E-state index in [0.29, 0.717) is 23.5 Å². The van der Waals surface area contributed by atoms with Crippen molar-refractivity contribution in [2.45, 2.75) is 51.7 Å². The third kappa shape index (κ3) is 5.20. The molecule has 35 heavy (non-hydrogen) atoms. The monoisotopic (exact) mass is 479 g/mol. The molecule has 7 heteroatoms. The van der Waals surface area contributed by atoms with E-state index in [9.17, 15) is 14.7 Å². The fourth-order valence-corrected chi connectivity index (χ4v) is 4.69. The molecule has 186 valence electrons. The van der Waals surface area contributed by atoms with Crippen molar-refractivity contribution in [3.8, 4) is 11.5 Å². The molecule has 0 aromatic heterocycles. The quantitative estimate of drug-likeness (QED) is 0.231. The van der Waals surface area contributed by atoms with Gasteiger partial charge in [-0.3, -0.25) is 9.59 Å². The Labute approximate surface area is 206 Å². The maximum absolute atomic E-state index is 13.2. The Morgan fingerprint density at radius 3 is 2.74 bits per heavy atom. The minimum Gasteiger partial charge on any atom is -0.507 e. The number of carbonyl (C=O) groups excluding carboxylic acids is 2. The van der Waals surface area contributed by atoms with Crippen LogP contribution in [-0.4, -0.2) is 54.7 Å². The van der Waals surface area contributed by atoms with Gasteiger partial charge in [-0.25, -0.2) is 0 Å². The van der Waals surface area contributed by atoms with Crippen molar-refractivity contribution in [3.05, 3.63) is 64.7 Å². The van der Waals surface area contributed by atoms with E-state index in [0.717, 1.165) is 37.0 Å². The Morgan fingerprint density at radius 1 is 1.14 bits per heavy atom. The summed E-state index contributed by atoms with van der Waals surface area (Å²) in [6.07, 6.45) is 3.92. The summed E-state index contributed by atoms with van der Waals surface area (Å²) in [5.74, 6) is -0.104. The fraction of sp³-hybridized carbons (Fsp3) is 0.429. The molecule has 0 bridgehead atoms. The van der Waals surface area contributed by atoms with Crippen LogP contribution in [0.25, 0.3) is 5.76 Å². The molecule has 2 atom stereocenters. The molecular weight excluding hydrogens is 446 g/mol. The summed E-state index contributed by atoms with van der Waals surface area (Å²) in [6.45, 7) is 5.21. The van der Waals surface area contributed by atoms with Gasteiger partial charge in [0.15, 0.2) is 0 Å². The number of hydrogen-bond donors (Lipinski definition) is 1. The van der Waals surface area contributed by atoms with Crippen LogP contribution in [0.15, 0.2) is 48.0 Å². The second-order valence-corrected chi connectivity index (χ2v) is 9.07. The molecule has 2 aromatic rings. The van der Waals surface area contributed by atoms with Crippen molar-refractivity contribution in [2.75, 3.05) is 26.9 Å². The molecule has 1 fully saturated rings. The summed E-state index contributed by atoms with van der Waals surface area (Å²) >= 11 is 0. The van der Waals surface area contributed by atoms with Crippen molar-refractivity contribution in [3.63, 3.8) is 0 Å². The maximum atomic E-state index is 13.2. The maximum Gasteiger partial charge on any atom is 0.295 e. The molecule has 0 saturated carbocycles. The molecule has 7 nitrogen and oxygen atoms in total. The van der Waals surface area contributed by atoms with Crippen LogP contribution in [0.4, 0.5) is 0 Å². The first-order chi connectivity index (χ1) is 16.9. The van der Waals surface area contributed by atoms with Crippen LogP contribution in [0.5, 0.6) is 11.5 Å². The Bertz CT molecular complexity index is 1120. The largest absolute Gasteiger partial charge is 0.507 e. The van der Waals surface area contributed by atoms with Gasteiger partial charge in [0.25, 0.3) is 11.7 Å². The molecule has 2 heterocycles. The Hall–Kier alpha value is -3.32. The number of unbranched alkanes of at least 4 members (excludes halogenated alkanes) is 2. The summed E-state index contributed by atoms with van der Waals surface area (Å²) < 4.78 is 16.9. The van der Waals surface area contributed by atoms with Crippen molar-refractivity contribution in [2.24, 2.45) is 0 Å². The molecule has 0 unspecified atom stereocenters. The van der Waals surface area contributed by atoms with Crippen LogP contribution in [0.3, 0.4) is 0 Å². The number of methoxy groups -OCH3 is 1. The highest BCUT2D eigenvalue weighted by Crippen LogP contribution is 2.41. The molecule has 2 aliphatic heterocycles. The van der Waals surface area contributed by atoms with Gasteiger partial charge >= 0.3 is 0 Å². The highest BCUT2D eigenvalue weighted by atomic mass is 16.5. The topological polar surface area (TPSA) is 85.3 Å². The van der Waals surface area contributed by atoms with Crippen molar-refractivity contribution < 1.29 is 28.9 Å². The number of ketones is 1. The van der Waals surface area contributed by atoms with E-state index in [4.69, 9.17) is 14.2 Å². The Balaban J connectivity index is 1.73. The van der Waals surface area contributed by atoms with Crippen molar-refractivity contribution >= 4 is 17.4 Å². The zero-order chi connectivity index (χ0) is 24.9. The number of aliphatic hydroxyl groups excluding tert-OH is 1. The van der Waals surface area contributed by atoms with Gasteiger partial charge in [0, 0.05) is 25.6 Å². The lowest BCUT2D eigenvalue weighted by atomic mass is 9.94. The molecule has 2 aliphatic rings. The molecule has 0 aliphatic carbocycles. The molecule has 4 rings (SSSR count). The highest BCUT2D eigenvalue weighted by molar-refractivity contribution is 6.46. The van der Waals surface area contributed by atoms with Gasteiger partial charge in [-0.1, -0.05) is 31.9 Å². The molecular formula is C28H33NO6. The number of hydrogen-bond acceptors (Lipinski definition) is 6. The zero-order valence-corrected chi connectivity index (χ0v) is 20.6. The van der Waals surface area contributed by atoms with Gasteiger partial charge < -0.3 is 24.2 Å². The first-order valence-electron chi connectivity index (χ1n) is 12.2. The van der Waals surface area contributed by atoms with E-state index in [1.54, 1.807) is 19.2 Å². The summed E-state index contributed by atoms with van der Waals surface area (Å²) in [5.41, 5.74) is 2.23. The number of ether oxygens (including phenoxy) is 3. The molecule has 1 N–H and O–H groups in total. The van der Waals surface area contributed by atoms with Gasteiger partial charge in [-0.2, -0.15) is 0 Å². The van der Waals surface area contributed by atoms with E-state index < -0.39 is 17.7 Å². The number of amides is 1. The van der Waals surface area contributed by atoms with Gasteiger partial charge in [0.1, 0.15) is 23.4 Å². The number of aliphatic hydroxyl groups is 1. The lowest BCUT2D eigenvalue weighted by molar-refractivity contribution is -0.140. The minimum absolute atomic E-state index is 0.0575. The number of rotatable bonds is 10. The lowest BCUT2D eigenvalue weighted by Gasteiger charge is -2.25. The third-order valence-corrected chi connectivity index (χ3v) is 6.44. The SMILES string of the molecule is CCCCCOc1cccc([C@H]2C(=C(O)c3ccc4c(c3)C[C@H](C)O4)C(=O)C(=O)N2CCOC)c1. The van der Waals surface area contributed by atoms with Gasteiger partial charge in [0.2, 0.25) is 0 Å². The van der Waals surface area contributed by atoms with Gasteiger partial charge in [-0.15, -0.1) is 0 Å². The number of likely N-dealkylation sites (tertiary alicyclic amines) is 1. The number of carbonyl (C=O) groups is 2. The summed E-state index contributed by atoms with van der Waals surface area (Å²) in [5, 5.41) is 11.3. The fourth-order valence-electron chi connectivity index (χ4n) is 4.69. The predicted molar refractivity (Wildman–Crippen MR) is 133 cm³/mol.